The van der Waals surface area contributed by atoms with Crippen LogP contribution in [0.4, 0.5) is 4.39 Å². The third kappa shape index (κ3) is 4.98. The second-order valence-corrected chi connectivity index (χ2v) is 5.59. The van der Waals surface area contributed by atoms with E-state index in [0.29, 0.717) is 0 Å². The molecule has 2 rings (SSSR count). The molecule has 1 unspecified atom stereocenters. The molecule has 0 aliphatic heterocycles. The molecule has 0 radical (unpaired) electrons. The predicted octanol–water partition coefficient (Wildman–Crippen LogP) is 4.81. The maximum Gasteiger partial charge on any atom is 0.123 e. The average Bonchev–Trinajstić information content (AvgIpc) is 2.47. The number of aryl methyl sites for hydroxylation is 2. The molecular weight excluding hydrogens is 261 g/mol. The van der Waals surface area contributed by atoms with Gasteiger partial charge >= 0.3 is 0 Å². The summed E-state index contributed by atoms with van der Waals surface area (Å²) in [5, 5.41) is 3.53. The smallest absolute Gasteiger partial charge is 0.123 e. The minimum Gasteiger partial charge on any atom is -0.310 e. The molecule has 112 valence electrons. The van der Waals surface area contributed by atoms with Crippen LogP contribution in [-0.2, 0) is 6.42 Å². The minimum absolute atomic E-state index is 0.161. The lowest BCUT2D eigenvalue weighted by Gasteiger charge is -2.19. The Morgan fingerprint density at radius 3 is 2.62 bits per heavy atom. The zero-order valence-corrected chi connectivity index (χ0v) is 12.9. The van der Waals surface area contributed by atoms with Crippen molar-refractivity contribution in [2.24, 2.45) is 0 Å². The predicted molar refractivity (Wildman–Crippen MR) is 86.9 cm³/mol. The van der Waals surface area contributed by atoms with Crippen LogP contribution in [0.3, 0.4) is 0 Å². The number of hydrogen-bond acceptors (Lipinski definition) is 1. The molecule has 2 aromatic carbocycles. The van der Waals surface area contributed by atoms with Gasteiger partial charge in [0.15, 0.2) is 0 Å². The molecule has 0 saturated carbocycles. The topological polar surface area (TPSA) is 12.0 Å². The first-order valence-electron chi connectivity index (χ1n) is 7.73. The molecule has 0 aliphatic carbocycles. The third-order valence-corrected chi connectivity index (χ3v) is 3.70. The van der Waals surface area contributed by atoms with Crippen LogP contribution in [0.5, 0.6) is 0 Å². The monoisotopic (exact) mass is 285 g/mol. The van der Waals surface area contributed by atoms with Crippen molar-refractivity contribution in [3.63, 3.8) is 0 Å². The van der Waals surface area contributed by atoms with E-state index in [2.05, 4.69) is 43.4 Å². The van der Waals surface area contributed by atoms with E-state index in [1.54, 1.807) is 12.1 Å². The Morgan fingerprint density at radius 1 is 1.10 bits per heavy atom. The SMILES string of the molecule is CCCNC(CCc1cccc(C)c1)c1cccc(F)c1. The molecule has 0 aromatic heterocycles. The van der Waals surface area contributed by atoms with Gasteiger partial charge in [-0.15, -0.1) is 0 Å². The van der Waals surface area contributed by atoms with Gasteiger partial charge in [-0.3, -0.25) is 0 Å². The van der Waals surface area contributed by atoms with Crippen molar-refractivity contribution in [1.29, 1.82) is 0 Å². The van der Waals surface area contributed by atoms with Gasteiger partial charge in [-0.1, -0.05) is 48.9 Å². The second kappa shape index (κ2) is 7.94. The van der Waals surface area contributed by atoms with Gasteiger partial charge in [0.25, 0.3) is 0 Å². The molecule has 2 aromatic rings. The number of halogens is 1. The maximum atomic E-state index is 13.4. The van der Waals surface area contributed by atoms with Crippen LogP contribution < -0.4 is 5.32 Å². The summed E-state index contributed by atoms with van der Waals surface area (Å²) in [4.78, 5) is 0. The van der Waals surface area contributed by atoms with Crippen molar-refractivity contribution in [3.8, 4) is 0 Å². The molecule has 0 amide bonds. The highest BCUT2D eigenvalue weighted by Crippen LogP contribution is 2.20. The molecule has 1 atom stereocenters. The lowest BCUT2D eigenvalue weighted by atomic mass is 9.98. The van der Waals surface area contributed by atoms with E-state index in [1.807, 2.05) is 6.07 Å². The number of hydrogen-bond donors (Lipinski definition) is 1. The van der Waals surface area contributed by atoms with Crippen LogP contribution in [-0.4, -0.2) is 6.54 Å². The Hall–Kier alpha value is -1.67. The van der Waals surface area contributed by atoms with E-state index in [0.717, 1.165) is 31.4 Å². The van der Waals surface area contributed by atoms with Crippen molar-refractivity contribution in [3.05, 3.63) is 71.0 Å². The normalized spacial score (nSPS) is 12.3. The van der Waals surface area contributed by atoms with Gasteiger partial charge in [0.2, 0.25) is 0 Å². The van der Waals surface area contributed by atoms with Crippen LogP contribution in [0.15, 0.2) is 48.5 Å². The molecular formula is C19H24FN. The van der Waals surface area contributed by atoms with Crippen molar-refractivity contribution in [2.75, 3.05) is 6.54 Å². The van der Waals surface area contributed by atoms with E-state index < -0.39 is 0 Å². The van der Waals surface area contributed by atoms with Crippen molar-refractivity contribution < 1.29 is 4.39 Å². The van der Waals surface area contributed by atoms with Gasteiger partial charge in [0.05, 0.1) is 0 Å². The fraction of sp³-hybridized carbons (Fsp3) is 0.368. The molecule has 21 heavy (non-hydrogen) atoms. The molecule has 0 spiro atoms. The summed E-state index contributed by atoms with van der Waals surface area (Å²) in [6.07, 6.45) is 3.06. The highest BCUT2D eigenvalue weighted by atomic mass is 19.1. The Morgan fingerprint density at radius 2 is 1.90 bits per heavy atom. The van der Waals surface area contributed by atoms with Gasteiger partial charge in [0, 0.05) is 6.04 Å². The quantitative estimate of drug-likeness (QED) is 0.770. The summed E-state index contributed by atoms with van der Waals surface area (Å²) in [5.41, 5.74) is 3.67. The van der Waals surface area contributed by atoms with E-state index in [9.17, 15) is 4.39 Å². The zero-order valence-electron chi connectivity index (χ0n) is 12.9. The summed E-state index contributed by atoms with van der Waals surface area (Å²) in [6, 6.07) is 15.7. The molecule has 1 N–H and O–H groups in total. The van der Waals surface area contributed by atoms with Crippen LogP contribution in [0.25, 0.3) is 0 Å². The molecule has 0 bridgehead atoms. The van der Waals surface area contributed by atoms with Gasteiger partial charge in [-0.25, -0.2) is 4.39 Å². The summed E-state index contributed by atoms with van der Waals surface area (Å²) >= 11 is 0. The highest BCUT2D eigenvalue weighted by Gasteiger charge is 2.11. The van der Waals surface area contributed by atoms with Gasteiger partial charge < -0.3 is 5.32 Å². The van der Waals surface area contributed by atoms with E-state index in [1.165, 1.54) is 17.2 Å². The van der Waals surface area contributed by atoms with Gasteiger partial charge in [-0.2, -0.15) is 0 Å². The average molecular weight is 285 g/mol. The van der Waals surface area contributed by atoms with Crippen LogP contribution in [0, 0.1) is 12.7 Å². The lowest BCUT2D eigenvalue weighted by molar-refractivity contribution is 0.496. The number of rotatable bonds is 7. The van der Waals surface area contributed by atoms with Crippen LogP contribution >= 0.6 is 0 Å². The Labute approximate surface area is 127 Å². The first kappa shape index (κ1) is 15.7. The van der Waals surface area contributed by atoms with Crippen molar-refractivity contribution in [2.45, 2.75) is 39.2 Å². The largest absolute Gasteiger partial charge is 0.310 e. The Bertz CT molecular complexity index is 565. The summed E-state index contributed by atoms with van der Waals surface area (Å²) in [5.74, 6) is -0.161. The summed E-state index contributed by atoms with van der Waals surface area (Å²) in [7, 11) is 0. The Kier molecular flexibility index (Phi) is 5.94. The summed E-state index contributed by atoms with van der Waals surface area (Å²) < 4.78 is 13.4. The number of nitrogens with one attached hydrogen (secondary N) is 1. The van der Waals surface area contributed by atoms with E-state index >= 15 is 0 Å². The summed E-state index contributed by atoms with van der Waals surface area (Å²) in [6.45, 7) is 5.22. The molecule has 0 aliphatic rings. The van der Waals surface area contributed by atoms with E-state index in [-0.39, 0.29) is 11.9 Å². The standard InChI is InChI=1S/C19H24FN/c1-3-12-21-19(17-8-5-9-18(20)14-17)11-10-16-7-4-6-15(2)13-16/h4-9,13-14,19,21H,3,10-12H2,1-2H3. The molecule has 1 nitrogen and oxygen atoms in total. The zero-order chi connectivity index (χ0) is 15.1. The first-order valence-corrected chi connectivity index (χ1v) is 7.73. The van der Waals surface area contributed by atoms with Crippen LogP contribution in [0.1, 0.15) is 42.5 Å². The maximum absolute atomic E-state index is 13.4. The van der Waals surface area contributed by atoms with Crippen molar-refractivity contribution >= 4 is 0 Å². The number of benzene rings is 2. The van der Waals surface area contributed by atoms with E-state index in [4.69, 9.17) is 0 Å². The molecule has 0 fully saturated rings. The Balaban J connectivity index is 2.06. The third-order valence-electron chi connectivity index (χ3n) is 3.70. The second-order valence-electron chi connectivity index (χ2n) is 5.59. The highest BCUT2D eigenvalue weighted by molar-refractivity contribution is 5.24. The molecule has 0 heterocycles. The minimum atomic E-state index is -0.161. The first-order chi connectivity index (χ1) is 10.2. The van der Waals surface area contributed by atoms with Gasteiger partial charge in [-0.05, 0) is 56.0 Å². The fourth-order valence-electron chi connectivity index (χ4n) is 2.61. The lowest BCUT2D eigenvalue weighted by Crippen LogP contribution is -2.22. The molecule has 0 saturated heterocycles. The van der Waals surface area contributed by atoms with Crippen LogP contribution in [0.2, 0.25) is 0 Å². The van der Waals surface area contributed by atoms with Crippen molar-refractivity contribution in [1.82, 2.24) is 5.32 Å². The van der Waals surface area contributed by atoms with Gasteiger partial charge in [0.1, 0.15) is 5.82 Å². The molecule has 2 heteroatoms. The fourth-order valence-corrected chi connectivity index (χ4v) is 2.61.